The van der Waals surface area contributed by atoms with Gasteiger partial charge in [-0.25, -0.2) is 4.79 Å². The second kappa shape index (κ2) is 10.2. The summed E-state index contributed by atoms with van der Waals surface area (Å²) in [5.41, 5.74) is 1.64. The second-order valence-corrected chi connectivity index (χ2v) is 5.58. The van der Waals surface area contributed by atoms with Crippen LogP contribution in [0.25, 0.3) is 0 Å². The Morgan fingerprint density at radius 3 is 2.22 bits per heavy atom. The highest BCUT2D eigenvalue weighted by atomic mass is 19.3. The number of carbonyl (C=O) groups excluding carboxylic acids is 2. The fraction of sp³-hybridized carbons (Fsp3) is 0.263. The Labute approximate surface area is 155 Å². The van der Waals surface area contributed by atoms with Crippen LogP contribution in [0.3, 0.4) is 0 Å². The largest absolute Gasteiger partial charge is 0.435 e. The lowest BCUT2D eigenvalue weighted by Crippen LogP contribution is -2.44. The van der Waals surface area contributed by atoms with Crippen molar-refractivity contribution in [1.82, 2.24) is 16.0 Å². The molecule has 2 aromatic rings. The third-order valence-electron chi connectivity index (χ3n) is 3.63. The highest BCUT2D eigenvalue weighted by molar-refractivity contribution is 5.95. The van der Waals surface area contributed by atoms with Gasteiger partial charge in [0.1, 0.15) is 5.75 Å². The summed E-state index contributed by atoms with van der Waals surface area (Å²) in [7, 11) is 0. The Morgan fingerprint density at radius 1 is 1.00 bits per heavy atom. The lowest BCUT2D eigenvalue weighted by molar-refractivity contribution is -0.119. The number of hydrogen-bond acceptors (Lipinski definition) is 4. The van der Waals surface area contributed by atoms with E-state index in [0.717, 1.165) is 11.1 Å². The van der Waals surface area contributed by atoms with Crippen molar-refractivity contribution in [3.8, 4) is 5.75 Å². The predicted octanol–water partition coefficient (Wildman–Crippen LogP) is 2.81. The summed E-state index contributed by atoms with van der Waals surface area (Å²) in [6, 6.07) is 14.6. The zero-order valence-electron chi connectivity index (χ0n) is 14.7. The fourth-order valence-electron chi connectivity index (χ4n) is 2.49. The summed E-state index contributed by atoms with van der Waals surface area (Å²) in [5, 5.41) is 7.77. The van der Waals surface area contributed by atoms with E-state index in [2.05, 4.69) is 20.7 Å². The molecule has 0 heterocycles. The average molecular weight is 377 g/mol. The van der Waals surface area contributed by atoms with Gasteiger partial charge in [-0.3, -0.25) is 15.4 Å². The van der Waals surface area contributed by atoms with Crippen LogP contribution in [0.1, 0.15) is 24.1 Å². The molecule has 0 bridgehead atoms. The topological polar surface area (TPSA) is 79.5 Å². The maximum absolute atomic E-state index is 12.3. The van der Waals surface area contributed by atoms with Crippen molar-refractivity contribution < 1.29 is 23.1 Å². The van der Waals surface area contributed by atoms with E-state index in [1.807, 2.05) is 30.3 Å². The summed E-state index contributed by atoms with van der Waals surface area (Å²) < 4.78 is 29.0. The Bertz CT molecular complexity index is 740. The molecule has 6 nitrogen and oxygen atoms in total. The molecule has 0 aliphatic carbocycles. The first kappa shape index (κ1) is 20.3. The number of imide groups is 1. The number of benzene rings is 2. The number of rotatable bonds is 8. The third kappa shape index (κ3) is 6.67. The van der Waals surface area contributed by atoms with E-state index in [9.17, 15) is 18.4 Å². The van der Waals surface area contributed by atoms with Crippen LogP contribution in [-0.2, 0) is 4.79 Å². The molecule has 144 valence electrons. The molecule has 1 atom stereocenters. The average Bonchev–Trinajstić information content (AvgIpc) is 2.64. The fourth-order valence-corrected chi connectivity index (χ4v) is 2.49. The SMILES string of the molecule is CCNC(=O)NC(=O)CN[C@@H](c1ccccc1)c1ccc(OC(F)F)cc1. The van der Waals surface area contributed by atoms with E-state index in [4.69, 9.17) is 0 Å². The molecule has 0 fully saturated rings. The van der Waals surface area contributed by atoms with Crippen molar-refractivity contribution in [2.24, 2.45) is 0 Å². The van der Waals surface area contributed by atoms with Gasteiger partial charge in [-0.1, -0.05) is 42.5 Å². The number of nitrogens with one attached hydrogen (secondary N) is 3. The van der Waals surface area contributed by atoms with Gasteiger partial charge in [-0.15, -0.1) is 0 Å². The van der Waals surface area contributed by atoms with Crippen molar-refractivity contribution in [3.05, 3.63) is 65.7 Å². The van der Waals surface area contributed by atoms with Crippen LogP contribution in [0.15, 0.2) is 54.6 Å². The number of amides is 3. The van der Waals surface area contributed by atoms with E-state index < -0.39 is 18.5 Å². The van der Waals surface area contributed by atoms with E-state index in [1.54, 1.807) is 19.1 Å². The molecule has 0 aromatic heterocycles. The maximum Gasteiger partial charge on any atom is 0.387 e. The van der Waals surface area contributed by atoms with Crippen molar-refractivity contribution in [2.75, 3.05) is 13.1 Å². The van der Waals surface area contributed by atoms with Gasteiger partial charge in [0.2, 0.25) is 5.91 Å². The molecule has 8 heteroatoms. The second-order valence-electron chi connectivity index (χ2n) is 5.58. The molecular weight excluding hydrogens is 356 g/mol. The van der Waals surface area contributed by atoms with Crippen LogP contribution in [0.2, 0.25) is 0 Å². The molecule has 27 heavy (non-hydrogen) atoms. The van der Waals surface area contributed by atoms with E-state index in [1.165, 1.54) is 12.1 Å². The Kier molecular flexibility index (Phi) is 7.69. The van der Waals surface area contributed by atoms with Crippen LogP contribution in [0.4, 0.5) is 13.6 Å². The minimum absolute atomic E-state index is 0.0505. The molecule has 3 amide bonds. The smallest absolute Gasteiger partial charge is 0.387 e. The molecule has 2 rings (SSSR count). The van der Waals surface area contributed by atoms with Crippen molar-refractivity contribution in [2.45, 2.75) is 19.6 Å². The molecule has 0 aliphatic heterocycles. The van der Waals surface area contributed by atoms with Crippen LogP contribution in [0, 0.1) is 0 Å². The summed E-state index contributed by atoms with van der Waals surface area (Å²) in [6.07, 6.45) is 0. The standard InChI is InChI=1S/C19H21F2N3O3/c1-2-22-19(26)24-16(25)12-23-17(13-6-4-3-5-7-13)14-8-10-15(11-9-14)27-18(20)21/h3-11,17-18,23H,2,12H2,1H3,(H2,22,24,25,26)/t17-/m0/s1. The van der Waals surface area contributed by atoms with Crippen molar-refractivity contribution in [3.63, 3.8) is 0 Å². The molecule has 0 aliphatic rings. The summed E-state index contributed by atoms with van der Waals surface area (Å²) in [6.45, 7) is -0.843. The maximum atomic E-state index is 12.3. The zero-order chi connectivity index (χ0) is 19.6. The highest BCUT2D eigenvalue weighted by Crippen LogP contribution is 2.24. The first-order valence-corrected chi connectivity index (χ1v) is 8.40. The van der Waals surface area contributed by atoms with E-state index >= 15 is 0 Å². The third-order valence-corrected chi connectivity index (χ3v) is 3.63. The van der Waals surface area contributed by atoms with E-state index in [-0.39, 0.29) is 18.3 Å². The summed E-state index contributed by atoms with van der Waals surface area (Å²) in [4.78, 5) is 23.4. The molecule has 0 saturated carbocycles. The monoisotopic (exact) mass is 377 g/mol. The van der Waals surface area contributed by atoms with Gasteiger partial charge < -0.3 is 10.1 Å². The number of urea groups is 1. The Hall–Kier alpha value is -3.00. The number of hydrogen-bond donors (Lipinski definition) is 3. The number of alkyl halides is 2. The lowest BCUT2D eigenvalue weighted by Gasteiger charge is -2.20. The Balaban J connectivity index is 2.10. The van der Waals surface area contributed by atoms with Crippen molar-refractivity contribution >= 4 is 11.9 Å². The number of carbonyl (C=O) groups is 2. The normalized spacial score (nSPS) is 11.7. The first-order valence-electron chi connectivity index (χ1n) is 8.40. The number of ether oxygens (including phenoxy) is 1. The molecule has 3 N–H and O–H groups in total. The van der Waals surface area contributed by atoms with Crippen LogP contribution < -0.4 is 20.7 Å². The van der Waals surface area contributed by atoms with Gasteiger partial charge >= 0.3 is 12.6 Å². The molecule has 0 unspecified atom stereocenters. The van der Waals surface area contributed by atoms with Gasteiger partial charge in [0.25, 0.3) is 0 Å². The molecule has 0 saturated heterocycles. The lowest BCUT2D eigenvalue weighted by atomic mass is 9.98. The van der Waals surface area contributed by atoms with Gasteiger partial charge in [0.05, 0.1) is 12.6 Å². The minimum Gasteiger partial charge on any atom is -0.435 e. The molecular formula is C19H21F2N3O3. The zero-order valence-corrected chi connectivity index (χ0v) is 14.7. The van der Waals surface area contributed by atoms with E-state index in [0.29, 0.717) is 6.54 Å². The van der Waals surface area contributed by atoms with Crippen LogP contribution >= 0.6 is 0 Å². The number of halogens is 2. The van der Waals surface area contributed by atoms with Crippen LogP contribution in [-0.4, -0.2) is 31.6 Å². The molecule has 0 spiro atoms. The van der Waals surface area contributed by atoms with Gasteiger partial charge in [0, 0.05) is 6.54 Å². The van der Waals surface area contributed by atoms with Gasteiger partial charge in [0.15, 0.2) is 0 Å². The first-order chi connectivity index (χ1) is 13.0. The minimum atomic E-state index is -2.89. The summed E-state index contributed by atoms with van der Waals surface area (Å²) >= 11 is 0. The van der Waals surface area contributed by atoms with Gasteiger partial charge in [-0.2, -0.15) is 8.78 Å². The van der Waals surface area contributed by atoms with Crippen molar-refractivity contribution in [1.29, 1.82) is 0 Å². The summed E-state index contributed by atoms with van der Waals surface area (Å²) in [5.74, 6) is -0.436. The van der Waals surface area contributed by atoms with Crippen LogP contribution in [0.5, 0.6) is 5.75 Å². The molecule has 2 aromatic carbocycles. The quantitative estimate of drug-likeness (QED) is 0.661. The Morgan fingerprint density at radius 2 is 1.63 bits per heavy atom. The molecule has 0 radical (unpaired) electrons. The van der Waals surface area contributed by atoms with Gasteiger partial charge in [-0.05, 0) is 30.2 Å². The highest BCUT2D eigenvalue weighted by Gasteiger charge is 2.16. The predicted molar refractivity (Wildman–Crippen MR) is 96.6 cm³/mol.